The minimum Gasteiger partial charge on any atom is -0.377 e. The van der Waals surface area contributed by atoms with E-state index in [0.717, 1.165) is 53.9 Å². The van der Waals surface area contributed by atoms with Crippen molar-refractivity contribution in [3.63, 3.8) is 0 Å². The third-order valence-electron chi connectivity index (χ3n) is 6.39. The van der Waals surface area contributed by atoms with Gasteiger partial charge in [0.2, 0.25) is 5.91 Å². The lowest BCUT2D eigenvalue weighted by Crippen LogP contribution is -2.33. The molecule has 0 radical (unpaired) electrons. The Kier molecular flexibility index (Phi) is 6.30. The molecule has 1 N–H and O–H groups in total. The topological polar surface area (TPSA) is 52.7 Å². The summed E-state index contributed by atoms with van der Waals surface area (Å²) in [5, 5.41) is 3.08. The van der Waals surface area contributed by atoms with Crippen LogP contribution >= 0.6 is 0 Å². The Hall–Kier alpha value is -2.82. The quantitative estimate of drug-likeness (QED) is 0.665. The van der Waals surface area contributed by atoms with Gasteiger partial charge < -0.3 is 15.1 Å². The number of amides is 2. The first-order chi connectivity index (χ1) is 14.9. The molecule has 0 unspecified atom stereocenters. The summed E-state index contributed by atoms with van der Waals surface area (Å²) in [5.74, 6) is 0.925. The van der Waals surface area contributed by atoms with Crippen molar-refractivity contribution >= 4 is 23.2 Å². The van der Waals surface area contributed by atoms with Crippen molar-refractivity contribution in [1.29, 1.82) is 0 Å². The number of hydrogen-bond donors (Lipinski definition) is 1. The Labute approximate surface area is 185 Å². The van der Waals surface area contributed by atoms with E-state index in [-0.39, 0.29) is 17.7 Å². The Bertz CT molecular complexity index is 961. The third-order valence-corrected chi connectivity index (χ3v) is 6.39. The van der Waals surface area contributed by atoms with Crippen LogP contribution in [0.1, 0.15) is 53.6 Å². The molecule has 0 bridgehead atoms. The van der Waals surface area contributed by atoms with Crippen molar-refractivity contribution < 1.29 is 9.59 Å². The smallest absolute Gasteiger partial charge is 0.254 e. The van der Waals surface area contributed by atoms with Gasteiger partial charge in [-0.15, -0.1) is 0 Å². The fourth-order valence-electron chi connectivity index (χ4n) is 4.14. The SMILES string of the molecule is Cc1cccc(C(=O)N(Cc2cc(NC(=O)C3CCC3)ccc2N(C)C)CC2CC2)c1. The van der Waals surface area contributed by atoms with E-state index in [1.54, 1.807) is 0 Å². The van der Waals surface area contributed by atoms with Gasteiger partial charge in [-0.05, 0) is 74.4 Å². The van der Waals surface area contributed by atoms with E-state index in [9.17, 15) is 9.59 Å². The minimum atomic E-state index is 0.0733. The second-order valence-corrected chi connectivity index (χ2v) is 9.35. The maximum absolute atomic E-state index is 13.4. The number of nitrogens with zero attached hydrogens (tertiary/aromatic N) is 2. The molecule has 2 fully saturated rings. The van der Waals surface area contributed by atoms with Crippen molar-refractivity contribution in [1.82, 2.24) is 4.90 Å². The van der Waals surface area contributed by atoms with E-state index < -0.39 is 0 Å². The van der Waals surface area contributed by atoms with E-state index in [1.165, 1.54) is 12.8 Å². The molecular formula is C26H33N3O2. The molecule has 2 saturated carbocycles. The van der Waals surface area contributed by atoms with Crippen molar-refractivity contribution in [2.24, 2.45) is 11.8 Å². The predicted molar refractivity (Wildman–Crippen MR) is 125 cm³/mol. The first-order valence-electron chi connectivity index (χ1n) is 11.4. The van der Waals surface area contributed by atoms with Gasteiger partial charge in [-0.1, -0.05) is 24.1 Å². The average Bonchev–Trinajstić information content (AvgIpc) is 3.49. The largest absolute Gasteiger partial charge is 0.377 e. The molecule has 0 atom stereocenters. The van der Waals surface area contributed by atoms with Crippen molar-refractivity contribution in [2.75, 3.05) is 30.9 Å². The highest BCUT2D eigenvalue weighted by Crippen LogP contribution is 2.33. The summed E-state index contributed by atoms with van der Waals surface area (Å²) in [6, 6.07) is 13.9. The molecule has 0 spiro atoms. The molecule has 4 rings (SSSR count). The second kappa shape index (κ2) is 9.13. The van der Waals surface area contributed by atoms with E-state index >= 15 is 0 Å². The molecule has 2 aromatic rings. The lowest BCUT2D eigenvalue weighted by molar-refractivity contribution is -0.122. The van der Waals surface area contributed by atoms with Gasteiger partial charge in [0.25, 0.3) is 5.91 Å². The highest BCUT2D eigenvalue weighted by atomic mass is 16.2. The number of anilines is 2. The minimum absolute atomic E-state index is 0.0733. The van der Waals surface area contributed by atoms with Gasteiger partial charge in [0.15, 0.2) is 0 Å². The maximum Gasteiger partial charge on any atom is 0.254 e. The van der Waals surface area contributed by atoms with Crippen LogP contribution in [0.3, 0.4) is 0 Å². The normalized spacial score (nSPS) is 15.8. The Morgan fingerprint density at radius 2 is 1.81 bits per heavy atom. The first-order valence-corrected chi connectivity index (χ1v) is 11.4. The molecule has 5 nitrogen and oxygen atoms in total. The molecule has 5 heteroatoms. The Morgan fingerprint density at radius 1 is 1.03 bits per heavy atom. The molecule has 2 aliphatic rings. The van der Waals surface area contributed by atoms with Gasteiger partial charge in [-0.25, -0.2) is 0 Å². The number of aryl methyl sites for hydroxylation is 1. The first kappa shape index (κ1) is 21.4. The molecule has 164 valence electrons. The molecule has 0 saturated heterocycles. The Morgan fingerprint density at radius 3 is 2.42 bits per heavy atom. The van der Waals surface area contributed by atoms with Crippen LogP contribution in [0.25, 0.3) is 0 Å². The molecule has 2 aliphatic carbocycles. The van der Waals surface area contributed by atoms with Gasteiger partial charge in [0.05, 0.1) is 0 Å². The zero-order chi connectivity index (χ0) is 22.0. The maximum atomic E-state index is 13.4. The zero-order valence-electron chi connectivity index (χ0n) is 18.9. The monoisotopic (exact) mass is 419 g/mol. The van der Waals surface area contributed by atoms with E-state index in [0.29, 0.717) is 12.5 Å². The average molecular weight is 420 g/mol. The van der Waals surface area contributed by atoms with Crippen LogP contribution in [-0.4, -0.2) is 37.4 Å². The number of carbonyl (C=O) groups excluding carboxylic acids is 2. The van der Waals surface area contributed by atoms with Gasteiger partial charge >= 0.3 is 0 Å². The van der Waals surface area contributed by atoms with Crippen molar-refractivity contribution in [3.05, 3.63) is 59.2 Å². The van der Waals surface area contributed by atoms with Crippen LogP contribution in [0.5, 0.6) is 0 Å². The fourth-order valence-corrected chi connectivity index (χ4v) is 4.14. The van der Waals surface area contributed by atoms with Crippen LogP contribution in [0.15, 0.2) is 42.5 Å². The van der Waals surface area contributed by atoms with Crippen LogP contribution in [-0.2, 0) is 11.3 Å². The number of benzene rings is 2. The van der Waals surface area contributed by atoms with Crippen molar-refractivity contribution in [2.45, 2.75) is 45.6 Å². The molecule has 0 aliphatic heterocycles. The molecular weight excluding hydrogens is 386 g/mol. The summed E-state index contributed by atoms with van der Waals surface area (Å²) >= 11 is 0. The van der Waals surface area contributed by atoms with Gasteiger partial charge in [-0.3, -0.25) is 9.59 Å². The lowest BCUT2D eigenvalue weighted by atomic mass is 9.85. The lowest BCUT2D eigenvalue weighted by Gasteiger charge is -2.27. The fraction of sp³-hybridized carbons (Fsp3) is 0.462. The molecule has 0 aromatic heterocycles. The van der Waals surface area contributed by atoms with Crippen molar-refractivity contribution in [3.8, 4) is 0 Å². The summed E-state index contributed by atoms with van der Waals surface area (Å²) < 4.78 is 0. The van der Waals surface area contributed by atoms with E-state index in [4.69, 9.17) is 0 Å². The molecule has 2 amide bonds. The predicted octanol–water partition coefficient (Wildman–Crippen LogP) is 4.85. The summed E-state index contributed by atoms with van der Waals surface area (Å²) in [7, 11) is 4.03. The zero-order valence-corrected chi connectivity index (χ0v) is 18.9. The molecule has 2 aromatic carbocycles. The third kappa shape index (κ3) is 5.27. The Balaban J connectivity index is 1.58. The van der Waals surface area contributed by atoms with E-state index in [2.05, 4.69) is 10.2 Å². The summed E-state index contributed by atoms with van der Waals surface area (Å²) in [5.41, 5.74) is 4.76. The van der Waals surface area contributed by atoms with Gasteiger partial charge in [-0.2, -0.15) is 0 Å². The summed E-state index contributed by atoms with van der Waals surface area (Å²) in [6.07, 6.45) is 5.48. The highest BCUT2D eigenvalue weighted by Gasteiger charge is 2.29. The highest BCUT2D eigenvalue weighted by molar-refractivity contribution is 5.95. The summed E-state index contributed by atoms with van der Waals surface area (Å²) in [6.45, 7) is 3.32. The van der Waals surface area contributed by atoms with Gasteiger partial charge in [0, 0.05) is 50.0 Å². The number of hydrogen-bond acceptors (Lipinski definition) is 3. The van der Waals surface area contributed by atoms with Crippen LogP contribution in [0.2, 0.25) is 0 Å². The van der Waals surface area contributed by atoms with E-state index in [1.807, 2.05) is 68.4 Å². The standard InChI is InChI=1S/C26H33N3O2/c1-18-6-4-9-21(14-18)26(31)29(16-19-10-11-19)17-22-15-23(12-13-24(22)28(2)3)27-25(30)20-7-5-8-20/h4,6,9,12-15,19-20H,5,7-8,10-11,16-17H2,1-3H3,(H,27,30). The number of rotatable bonds is 8. The summed E-state index contributed by atoms with van der Waals surface area (Å²) in [4.78, 5) is 29.9. The molecule has 0 heterocycles. The van der Waals surface area contributed by atoms with Crippen LogP contribution in [0.4, 0.5) is 11.4 Å². The van der Waals surface area contributed by atoms with Crippen LogP contribution in [0, 0.1) is 18.8 Å². The number of nitrogens with one attached hydrogen (secondary N) is 1. The molecule has 31 heavy (non-hydrogen) atoms. The van der Waals surface area contributed by atoms with Gasteiger partial charge in [0.1, 0.15) is 0 Å². The second-order valence-electron chi connectivity index (χ2n) is 9.35. The van der Waals surface area contributed by atoms with Crippen LogP contribution < -0.4 is 10.2 Å². The number of carbonyl (C=O) groups is 2.